The maximum Gasteiger partial charge on any atom is 0.287 e. The van der Waals surface area contributed by atoms with Crippen molar-refractivity contribution in [2.45, 2.75) is 18.4 Å². The van der Waals surface area contributed by atoms with Crippen LogP contribution in [0.25, 0.3) is 10.8 Å². The van der Waals surface area contributed by atoms with Crippen molar-refractivity contribution in [2.24, 2.45) is 0 Å². The van der Waals surface area contributed by atoms with E-state index in [0.29, 0.717) is 10.8 Å². The van der Waals surface area contributed by atoms with Gasteiger partial charge in [0.05, 0.1) is 16.8 Å². The van der Waals surface area contributed by atoms with E-state index in [-0.39, 0.29) is 22.7 Å². The molecule has 1 aromatic heterocycles. The molecule has 9 heteroatoms. The number of nitrogens with one attached hydrogen (secondary N) is 2. The molecular formula is C23H20N4O4S. The summed E-state index contributed by atoms with van der Waals surface area (Å²) in [7, 11) is -3.98. The van der Waals surface area contributed by atoms with Gasteiger partial charge in [-0.25, -0.2) is 13.1 Å². The van der Waals surface area contributed by atoms with Crippen LogP contribution < -0.4 is 15.8 Å². The van der Waals surface area contributed by atoms with Crippen LogP contribution in [-0.4, -0.2) is 24.1 Å². The van der Waals surface area contributed by atoms with Gasteiger partial charge in [-0.1, -0.05) is 66.2 Å². The maximum absolute atomic E-state index is 12.9. The number of amides is 1. The Morgan fingerprint density at radius 2 is 1.53 bits per heavy atom. The van der Waals surface area contributed by atoms with Gasteiger partial charge in [0.2, 0.25) is 0 Å². The summed E-state index contributed by atoms with van der Waals surface area (Å²) in [5, 5.41) is 4.88. The third-order valence-electron chi connectivity index (χ3n) is 4.89. The van der Waals surface area contributed by atoms with E-state index >= 15 is 0 Å². The van der Waals surface area contributed by atoms with Crippen LogP contribution >= 0.6 is 0 Å². The lowest BCUT2D eigenvalue weighted by Gasteiger charge is -2.12. The van der Waals surface area contributed by atoms with Gasteiger partial charge in [-0.2, -0.15) is 5.10 Å². The zero-order valence-electron chi connectivity index (χ0n) is 17.1. The van der Waals surface area contributed by atoms with Crippen LogP contribution in [0.2, 0.25) is 0 Å². The predicted molar refractivity (Wildman–Crippen MR) is 121 cm³/mol. The van der Waals surface area contributed by atoms with Crippen LogP contribution in [0.15, 0.2) is 88.6 Å². The molecule has 162 valence electrons. The van der Waals surface area contributed by atoms with Gasteiger partial charge in [-0.3, -0.25) is 15.0 Å². The zero-order chi connectivity index (χ0) is 22.7. The molecule has 0 atom stereocenters. The lowest BCUT2D eigenvalue weighted by Crippen LogP contribution is -2.42. The van der Waals surface area contributed by atoms with E-state index in [4.69, 9.17) is 0 Å². The van der Waals surface area contributed by atoms with Gasteiger partial charge in [-0.05, 0) is 30.7 Å². The number of benzene rings is 3. The molecule has 1 amide bonds. The summed E-state index contributed by atoms with van der Waals surface area (Å²) in [4.78, 5) is 27.9. The maximum atomic E-state index is 12.9. The van der Waals surface area contributed by atoms with Crippen LogP contribution in [-0.2, 0) is 16.6 Å². The van der Waals surface area contributed by atoms with Crippen molar-refractivity contribution >= 4 is 26.7 Å². The smallest absolute Gasteiger partial charge is 0.272 e. The quantitative estimate of drug-likeness (QED) is 0.440. The highest BCUT2D eigenvalue weighted by Gasteiger charge is 2.20. The number of aromatic nitrogens is 2. The molecule has 8 nitrogen and oxygen atoms in total. The minimum absolute atomic E-state index is 0.00950. The number of sulfonamides is 1. The summed E-state index contributed by atoms with van der Waals surface area (Å²) in [5.41, 5.74) is 3.53. The third kappa shape index (κ3) is 4.43. The number of fused-ring (bicyclic) bond motifs is 1. The normalized spacial score (nSPS) is 11.4. The molecule has 3 aromatic carbocycles. The SMILES string of the molecule is Cc1ccc(S(=O)(=O)NNC(=O)c2nn(Cc3ccccc3)c(=O)c3ccccc23)cc1. The number of nitrogens with zero attached hydrogens (tertiary/aromatic N) is 2. The van der Waals surface area contributed by atoms with Gasteiger partial charge in [0.15, 0.2) is 5.69 Å². The van der Waals surface area contributed by atoms with E-state index in [2.05, 4.69) is 15.4 Å². The second kappa shape index (κ2) is 8.74. The monoisotopic (exact) mass is 448 g/mol. The van der Waals surface area contributed by atoms with E-state index in [0.717, 1.165) is 11.1 Å². The van der Waals surface area contributed by atoms with Crippen molar-refractivity contribution in [3.8, 4) is 0 Å². The van der Waals surface area contributed by atoms with Crippen LogP contribution in [0.5, 0.6) is 0 Å². The van der Waals surface area contributed by atoms with Crippen molar-refractivity contribution in [1.82, 2.24) is 20.0 Å². The second-order valence-corrected chi connectivity index (χ2v) is 8.90. The Balaban J connectivity index is 1.67. The molecule has 4 aromatic rings. The predicted octanol–water partition coefficient (Wildman–Crippen LogP) is 2.38. The lowest BCUT2D eigenvalue weighted by molar-refractivity contribution is 0.0939. The van der Waals surface area contributed by atoms with Crippen molar-refractivity contribution in [3.63, 3.8) is 0 Å². The molecule has 0 radical (unpaired) electrons. The summed E-state index contributed by atoms with van der Waals surface area (Å²) in [6.07, 6.45) is 0. The van der Waals surface area contributed by atoms with Gasteiger partial charge in [-0.15, -0.1) is 4.83 Å². The lowest BCUT2D eigenvalue weighted by atomic mass is 10.1. The van der Waals surface area contributed by atoms with Crippen LogP contribution in [0.3, 0.4) is 0 Å². The van der Waals surface area contributed by atoms with E-state index < -0.39 is 15.9 Å². The highest BCUT2D eigenvalue weighted by atomic mass is 32.2. The average Bonchev–Trinajstić information content (AvgIpc) is 2.80. The van der Waals surface area contributed by atoms with E-state index in [1.165, 1.54) is 16.8 Å². The van der Waals surface area contributed by atoms with Crippen LogP contribution in [0.1, 0.15) is 21.6 Å². The largest absolute Gasteiger partial charge is 0.287 e. The minimum atomic E-state index is -3.98. The van der Waals surface area contributed by atoms with Crippen LogP contribution in [0, 0.1) is 6.92 Å². The molecule has 32 heavy (non-hydrogen) atoms. The summed E-state index contributed by atoms with van der Waals surface area (Å²) >= 11 is 0. The molecule has 0 bridgehead atoms. The topological polar surface area (TPSA) is 110 Å². The van der Waals surface area contributed by atoms with Crippen molar-refractivity contribution < 1.29 is 13.2 Å². The van der Waals surface area contributed by atoms with Gasteiger partial charge in [0.1, 0.15) is 0 Å². The molecule has 0 saturated carbocycles. The summed E-state index contributed by atoms with van der Waals surface area (Å²) in [6.45, 7) is 2.01. The molecule has 4 rings (SSSR count). The Labute approximate surface area is 184 Å². The number of rotatable bonds is 6. The highest BCUT2D eigenvalue weighted by Crippen LogP contribution is 2.14. The molecule has 0 saturated heterocycles. The molecular weight excluding hydrogens is 428 g/mol. The summed E-state index contributed by atoms with van der Waals surface area (Å²) < 4.78 is 26.2. The summed E-state index contributed by atoms with van der Waals surface area (Å²) in [5.74, 6) is -0.779. The van der Waals surface area contributed by atoms with Gasteiger partial charge in [0.25, 0.3) is 21.5 Å². The van der Waals surface area contributed by atoms with Gasteiger partial charge in [0, 0.05) is 5.39 Å². The Bertz CT molecular complexity index is 1450. The second-order valence-electron chi connectivity index (χ2n) is 7.22. The fourth-order valence-corrected chi connectivity index (χ4v) is 4.05. The number of hydrazine groups is 1. The molecule has 0 unspecified atom stereocenters. The number of carbonyl (C=O) groups excluding carboxylic acids is 1. The molecule has 1 heterocycles. The molecule has 2 N–H and O–H groups in total. The Morgan fingerprint density at radius 1 is 0.906 bits per heavy atom. The van der Waals surface area contributed by atoms with E-state index in [1.807, 2.05) is 37.3 Å². The first-order valence-electron chi connectivity index (χ1n) is 9.78. The van der Waals surface area contributed by atoms with Crippen LogP contribution in [0.4, 0.5) is 0 Å². The van der Waals surface area contributed by atoms with Crippen molar-refractivity contribution in [2.75, 3.05) is 0 Å². The van der Waals surface area contributed by atoms with Gasteiger partial charge >= 0.3 is 0 Å². The number of carbonyl (C=O) groups is 1. The summed E-state index contributed by atoms with van der Waals surface area (Å²) in [6, 6.07) is 22.0. The number of aryl methyl sites for hydroxylation is 1. The molecule has 0 aliphatic carbocycles. The Kier molecular flexibility index (Phi) is 5.85. The van der Waals surface area contributed by atoms with Gasteiger partial charge < -0.3 is 0 Å². The first kappa shape index (κ1) is 21.4. The zero-order valence-corrected chi connectivity index (χ0v) is 18.0. The Morgan fingerprint density at radius 3 is 2.22 bits per heavy atom. The Hall–Kier alpha value is -3.82. The van der Waals surface area contributed by atoms with Crippen molar-refractivity contribution in [3.05, 3.63) is 106 Å². The van der Waals surface area contributed by atoms with Crippen molar-refractivity contribution in [1.29, 1.82) is 0 Å². The fraction of sp³-hybridized carbons (Fsp3) is 0.0870. The molecule has 0 aliphatic heterocycles. The minimum Gasteiger partial charge on any atom is -0.272 e. The standard InChI is InChI=1S/C23H20N4O4S/c1-16-11-13-18(14-12-16)32(30,31)26-24-22(28)21-19-9-5-6-10-20(19)23(29)27(25-21)15-17-7-3-2-4-8-17/h2-14,26H,15H2,1H3,(H,24,28). The molecule has 0 spiro atoms. The highest BCUT2D eigenvalue weighted by molar-refractivity contribution is 7.89. The number of hydrogen-bond acceptors (Lipinski definition) is 5. The van der Waals surface area contributed by atoms with E-state index in [9.17, 15) is 18.0 Å². The fourth-order valence-electron chi connectivity index (χ4n) is 3.22. The first-order chi connectivity index (χ1) is 15.3. The third-order valence-corrected chi connectivity index (χ3v) is 6.15. The molecule has 0 fully saturated rings. The van der Waals surface area contributed by atoms with E-state index in [1.54, 1.807) is 36.4 Å². The number of hydrogen-bond donors (Lipinski definition) is 2. The first-order valence-corrected chi connectivity index (χ1v) is 11.3. The average molecular weight is 449 g/mol. The molecule has 0 aliphatic rings.